The Balaban J connectivity index is 1.50. The van der Waals surface area contributed by atoms with Crippen LogP contribution in [0.1, 0.15) is 27.9 Å². The molecule has 0 aliphatic rings. The van der Waals surface area contributed by atoms with E-state index in [1.165, 1.54) is 5.56 Å². The molecule has 0 aromatic heterocycles. The number of benzene rings is 3. The summed E-state index contributed by atoms with van der Waals surface area (Å²) in [5.74, 6) is -0.00305. The van der Waals surface area contributed by atoms with Crippen LogP contribution in [0.5, 0.6) is 5.75 Å². The zero-order chi connectivity index (χ0) is 19.1. The minimum Gasteiger partial charge on any atom is -0.427 e. The summed E-state index contributed by atoms with van der Waals surface area (Å²) in [4.78, 5) is 24.1. The van der Waals surface area contributed by atoms with Gasteiger partial charge in [0.05, 0.1) is 0 Å². The van der Waals surface area contributed by atoms with E-state index in [1.807, 2.05) is 49.4 Å². The highest BCUT2D eigenvalue weighted by Gasteiger charge is 2.08. The Hall–Kier alpha value is -3.40. The first kappa shape index (κ1) is 18.4. The average molecular weight is 359 g/mol. The lowest BCUT2D eigenvalue weighted by molar-refractivity contribution is -0.134. The average Bonchev–Trinajstić information content (AvgIpc) is 2.70. The SMILES string of the molecule is Cc1ccc(CCC(=O)Oc2ccc(NC(=O)c3ccccc3)cc2)cc1. The fourth-order valence-electron chi connectivity index (χ4n) is 2.58. The van der Waals surface area contributed by atoms with Gasteiger partial charge in [0.25, 0.3) is 5.91 Å². The number of rotatable bonds is 6. The van der Waals surface area contributed by atoms with Crippen LogP contribution < -0.4 is 10.1 Å². The van der Waals surface area contributed by atoms with Crippen molar-refractivity contribution in [1.82, 2.24) is 0 Å². The van der Waals surface area contributed by atoms with Crippen molar-refractivity contribution in [3.05, 3.63) is 95.6 Å². The van der Waals surface area contributed by atoms with Crippen molar-refractivity contribution >= 4 is 17.6 Å². The van der Waals surface area contributed by atoms with Gasteiger partial charge in [-0.2, -0.15) is 0 Å². The normalized spacial score (nSPS) is 10.3. The molecule has 3 rings (SSSR count). The van der Waals surface area contributed by atoms with Gasteiger partial charge in [-0.3, -0.25) is 9.59 Å². The minimum absolute atomic E-state index is 0.182. The molecule has 0 aliphatic carbocycles. The molecule has 0 aliphatic heterocycles. The van der Waals surface area contributed by atoms with E-state index in [4.69, 9.17) is 4.74 Å². The first-order chi connectivity index (χ1) is 13.1. The standard InChI is InChI=1S/C23H21NO3/c1-17-7-9-18(10-8-17)11-16-22(25)27-21-14-12-20(13-15-21)24-23(26)19-5-3-2-4-6-19/h2-10,12-15H,11,16H2,1H3,(H,24,26). The molecule has 1 N–H and O–H groups in total. The van der Waals surface area contributed by atoms with Crippen molar-refractivity contribution in [2.24, 2.45) is 0 Å². The number of carbonyl (C=O) groups is 2. The maximum Gasteiger partial charge on any atom is 0.311 e. The van der Waals surface area contributed by atoms with Gasteiger partial charge in [0.15, 0.2) is 0 Å². The number of aryl methyl sites for hydroxylation is 2. The van der Waals surface area contributed by atoms with Crippen LogP contribution in [0.2, 0.25) is 0 Å². The summed E-state index contributed by atoms with van der Waals surface area (Å²) in [5, 5.41) is 2.81. The molecule has 27 heavy (non-hydrogen) atoms. The summed E-state index contributed by atoms with van der Waals surface area (Å²) >= 11 is 0. The van der Waals surface area contributed by atoms with Gasteiger partial charge in [-0.1, -0.05) is 48.0 Å². The number of ether oxygens (including phenoxy) is 1. The topological polar surface area (TPSA) is 55.4 Å². The third kappa shape index (κ3) is 5.54. The van der Waals surface area contributed by atoms with Crippen LogP contribution in [0.15, 0.2) is 78.9 Å². The fraction of sp³-hybridized carbons (Fsp3) is 0.130. The Bertz CT molecular complexity index is 901. The molecule has 3 aromatic rings. The summed E-state index contributed by atoms with van der Waals surface area (Å²) in [6.45, 7) is 2.03. The first-order valence-corrected chi connectivity index (χ1v) is 8.83. The van der Waals surface area contributed by atoms with E-state index in [2.05, 4.69) is 5.32 Å². The van der Waals surface area contributed by atoms with Crippen LogP contribution >= 0.6 is 0 Å². The Kier molecular flexibility index (Phi) is 6.00. The Labute approximate surface area is 158 Å². The summed E-state index contributed by atoms with van der Waals surface area (Å²) in [5.41, 5.74) is 3.53. The van der Waals surface area contributed by atoms with Crippen LogP contribution in [-0.2, 0) is 11.2 Å². The Morgan fingerprint density at radius 3 is 2.19 bits per heavy atom. The first-order valence-electron chi connectivity index (χ1n) is 8.83. The predicted octanol–water partition coefficient (Wildman–Crippen LogP) is 4.79. The molecule has 0 radical (unpaired) electrons. The quantitative estimate of drug-likeness (QED) is 0.509. The summed E-state index contributed by atoms with van der Waals surface area (Å²) in [6.07, 6.45) is 0.958. The molecule has 0 saturated carbocycles. The molecule has 0 spiro atoms. The molecule has 0 saturated heterocycles. The highest BCUT2D eigenvalue weighted by atomic mass is 16.5. The summed E-state index contributed by atoms with van der Waals surface area (Å²) < 4.78 is 5.35. The lowest BCUT2D eigenvalue weighted by atomic mass is 10.1. The lowest BCUT2D eigenvalue weighted by Gasteiger charge is -2.08. The van der Waals surface area contributed by atoms with E-state index < -0.39 is 0 Å². The van der Waals surface area contributed by atoms with Gasteiger partial charge >= 0.3 is 5.97 Å². The van der Waals surface area contributed by atoms with E-state index in [-0.39, 0.29) is 11.9 Å². The molecule has 4 nitrogen and oxygen atoms in total. The molecule has 0 fully saturated rings. The number of hydrogen-bond acceptors (Lipinski definition) is 3. The van der Waals surface area contributed by atoms with Crippen molar-refractivity contribution in [1.29, 1.82) is 0 Å². The second-order valence-corrected chi connectivity index (χ2v) is 6.30. The minimum atomic E-state index is -0.281. The van der Waals surface area contributed by atoms with Gasteiger partial charge in [0.2, 0.25) is 0 Å². The summed E-state index contributed by atoms with van der Waals surface area (Å²) in [6, 6.07) is 23.9. The van der Waals surface area contributed by atoms with Crippen molar-refractivity contribution in [3.8, 4) is 5.75 Å². The number of nitrogens with one attached hydrogen (secondary N) is 1. The molecule has 136 valence electrons. The van der Waals surface area contributed by atoms with Crippen LogP contribution in [0.3, 0.4) is 0 Å². The largest absolute Gasteiger partial charge is 0.427 e. The molecule has 4 heteroatoms. The Morgan fingerprint density at radius 1 is 0.852 bits per heavy atom. The number of amides is 1. The summed E-state index contributed by atoms with van der Waals surface area (Å²) in [7, 11) is 0. The molecule has 3 aromatic carbocycles. The van der Waals surface area contributed by atoms with Crippen molar-refractivity contribution < 1.29 is 14.3 Å². The van der Waals surface area contributed by atoms with E-state index >= 15 is 0 Å². The monoisotopic (exact) mass is 359 g/mol. The van der Waals surface area contributed by atoms with E-state index in [0.717, 1.165) is 5.56 Å². The van der Waals surface area contributed by atoms with Crippen LogP contribution in [0.25, 0.3) is 0 Å². The molecule has 1 amide bonds. The molecule has 0 bridgehead atoms. The molecule has 0 unspecified atom stereocenters. The van der Waals surface area contributed by atoms with Gasteiger partial charge in [-0.25, -0.2) is 0 Å². The van der Waals surface area contributed by atoms with Crippen molar-refractivity contribution in [3.63, 3.8) is 0 Å². The third-order valence-electron chi connectivity index (χ3n) is 4.12. The van der Waals surface area contributed by atoms with E-state index in [0.29, 0.717) is 29.8 Å². The smallest absolute Gasteiger partial charge is 0.311 e. The van der Waals surface area contributed by atoms with E-state index in [1.54, 1.807) is 36.4 Å². The van der Waals surface area contributed by atoms with Gasteiger partial charge in [0, 0.05) is 17.7 Å². The predicted molar refractivity (Wildman–Crippen MR) is 106 cm³/mol. The van der Waals surface area contributed by atoms with Gasteiger partial charge in [0.1, 0.15) is 5.75 Å². The second-order valence-electron chi connectivity index (χ2n) is 6.30. The highest BCUT2D eigenvalue weighted by Crippen LogP contribution is 2.17. The van der Waals surface area contributed by atoms with Crippen molar-refractivity contribution in [2.75, 3.05) is 5.32 Å². The lowest BCUT2D eigenvalue weighted by Crippen LogP contribution is -2.12. The highest BCUT2D eigenvalue weighted by molar-refractivity contribution is 6.04. The second kappa shape index (κ2) is 8.81. The molecule has 0 heterocycles. The van der Waals surface area contributed by atoms with Gasteiger partial charge in [-0.05, 0) is 55.3 Å². The van der Waals surface area contributed by atoms with Crippen LogP contribution in [0.4, 0.5) is 5.69 Å². The van der Waals surface area contributed by atoms with Gasteiger partial charge in [-0.15, -0.1) is 0 Å². The third-order valence-corrected chi connectivity index (χ3v) is 4.12. The van der Waals surface area contributed by atoms with Crippen molar-refractivity contribution in [2.45, 2.75) is 19.8 Å². The molecular weight excluding hydrogens is 338 g/mol. The zero-order valence-corrected chi connectivity index (χ0v) is 15.1. The van der Waals surface area contributed by atoms with Crippen LogP contribution in [-0.4, -0.2) is 11.9 Å². The number of anilines is 1. The zero-order valence-electron chi connectivity index (χ0n) is 15.1. The van der Waals surface area contributed by atoms with Gasteiger partial charge < -0.3 is 10.1 Å². The number of esters is 1. The van der Waals surface area contributed by atoms with Crippen LogP contribution in [0, 0.1) is 6.92 Å². The fourth-order valence-corrected chi connectivity index (χ4v) is 2.58. The molecule has 0 atom stereocenters. The number of hydrogen-bond donors (Lipinski definition) is 1. The Morgan fingerprint density at radius 2 is 1.52 bits per heavy atom. The maximum absolute atomic E-state index is 12.1. The van der Waals surface area contributed by atoms with E-state index in [9.17, 15) is 9.59 Å². The number of carbonyl (C=O) groups excluding carboxylic acids is 2. The maximum atomic E-state index is 12.1. The molecular formula is C23H21NO3.